The molecule has 0 aromatic heterocycles. The van der Waals surface area contributed by atoms with E-state index in [0.717, 1.165) is 16.1 Å². The van der Waals surface area contributed by atoms with Crippen molar-refractivity contribution in [2.24, 2.45) is 4.99 Å². The summed E-state index contributed by atoms with van der Waals surface area (Å²) >= 11 is 16.1. The van der Waals surface area contributed by atoms with Gasteiger partial charge in [-0.2, -0.15) is 0 Å². The Morgan fingerprint density at radius 3 is 2.60 bits per heavy atom. The molecule has 1 aliphatic rings. The van der Waals surface area contributed by atoms with Gasteiger partial charge in [-0.3, -0.25) is 10.1 Å². The number of non-ortho nitro benzene ring substituents is 1. The highest BCUT2D eigenvalue weighted by Gasteiger charge is 2.27. The summed E-state index contributed by atoms with van der Waals surface area (Å²) in [4.78, 5) is 26.9. The molecule has 0 aliphatic carbocycles. The Balaban J connectivity index is 1.61. The molecule has 0 N–H and O–H groups in total. The number of hydrogen-bond donors (Lipinski definition) is 0. The van der Waals surface area contributed by atoms with Crippen molar-refractivity contribution in [3.63, 3.8) is 0 Å². The Kier molecular flexibility index (Phi) is 7.39. The largest absolute Gasteiger partial charge is 0.493 e. The Hall–Kier alpha value is -3.40. The second-order valence-electron chi connectivity index (χ2n) is 7.17. The molecule has 35 heavy (non-hydrogen) atoms. The topological polar surface area (TPSA) is 100 Å². The van der Waals surface area contributed by atoms with E-state index in [1.165, 1.54) is 25.3 Å². The van der Waals surface area contributed by atoms with Gasteiger partial charge in [0.05, 0.1) is 27.6 Å². The normalized spacial score (nSPS) is 14.0. The van der Waals surface area contributed by atoms with Crippen LogP contribution in [0.5, 0.6) is 11.5 Å². The Morgan fingerprint density at radius 2 is 1.91 bits per heavy atom. The quantitative estimate of drug-likeness (QED) is 0.136. The summed E-state index contributed by atoms with van der Waals surface area (Å²) in [7, 11) is 1.48. The predicted octanol–water partition coefficient (Wildman–Crippen LogP) is 6.60. The van der Waals surface area contributed by atoms with Crippen molar-refractivity contribution in [3.05, 3.63) is 102 Å². The molecular weight excluding hydrogens is 563 g/mol. The van der Waals surface area contributed by atoms with E-state index in [-0.39, 0.29) is 39.5 Å². The first-order chi connectivity index (χ1) is 16.8. The van der Waals surface area contributed by atoms with Crippen molar-refractivity contribution >= 4 is 62.8 Å². The van der Waals surface area contributed by atoms with Crippen molar-refractivity contribution < 1.29 is 23.9 Å². The van der Waals surface area contributed by atoms with E-state index in [0.29, 0.717) is 17.1 Å². The average Bonchev–Trinajstić information content (AvgIpc) is 3.18. The standard InChI is InChI=1S/C24H15BrCl2N2O6/c1-33-21-10-13(8-19(27)22(21)34-12-14-4-2-3-5-17(14)25)9-20-24(30)35-23(28-20)16-7-6-15(29(31)32)11-18(16)26/h2-11H,12H2,1H3/b20-9-. The summed E-state index contributed by atoms with van der Waals surface area (Å²) in [5.41, 5.74) is 1.50. The van der Waals surface area contributed by atoms with Crippen LogP contribution < -0.4 is 9.47 Å². The van der Waals surface area contributed by atoms with E-state index >= 15 is 0 Å². The third-order valence-corrected chi connectivity index (χ3v) is 6.27. The molecule has 1 heterocycles. The van der Waals surface area contributed by atoms with Crippen molar-refractivity contribution in [2.45, 2.75) is 6.61 Å². The minimum Gasteiger partial charge on any atom is -0.493 e. The summed E-state index contributed by atoms with van der Waals surface area (Å²) in [6, 6.07) is 14.7. The van der Waals surface area contributed by atoms with E-state index in [2.05, 4.69) is 20.9 Å². The van der Waals surface area contributed by atoms with Gasteiger partial charge in [-0.15, -0.1) is 0 Å². The van der Waals surface area contributed by atoms with Gasteiger partial charge in [0.25, 0.3) is 5.69 Å². The van der Waals surface area contributed by atoms with Crippen LogP contribution in [0.2, 0.25) is 10.0 Å². The number of ether oxygens (including phenoxy) is 3. The highest BCUT2D eigenvalue weighted by Crippen LogP contribution is 2.38. The number of methoxy groups -OCH3 is 1. The number of nitro groups is 1. The maximum atomic E-state index is 12.4. The smallest absolute Gasteiger partial charge is 0.363 e. The number of carbonyl (C=O) groups is 1. The molecule has 0 unspecified atom stereocenters. The number of aliphatic imine (C=N–C) groups is 1. The molecule has 0 saturated carbocycles. The first-order valence-corrected chi connectivity index (χ1v) is 11.5. The first-order valence-electron chi connectivity index (χ1n) is 9.97. The molecule has 0 spiro atoms. The molecule has 3 aromatic rings. The molecule has 0 bridgehead atoms. The van der Waals surface area contributed by atoms with Crippen LogP contribution in [-0.4, -0.2) is 23.9 Å². The number of halogens is 3. The van der Waals surface area contributed by atoms with Gasteiger partial charge < -0.3 is 14.2 Å². The maximum absolute atomic E-state index is 12.4. The Morgan fingerprint density at radius 1 is 1.14 bits per heavy atom. The Labute approximate surface area is 218 Å². The lowest BCUT2D eigenvalue weighted by atomic mass is 10.1. The number of carbonyl (C=O) groups excluding carboxylic acids is 1. The van der Waals surface area contributed by atoms with Gasteiger partial charge in [-0.1, -0.05) is 57.3 Å². The molecule has 8 nitrogen and oxygen atoms in total. The number of benzene rings is 3. The third kappa shape index (κ3) is 5.48. The zero-order chi connectivity index (χ0) is 25.1. The van der Waals surface area contributed by atoms with E-state index in [1.54, 1.807) is 12.1 Å². The maximum Gasteiger partial charge on any atom is 0.363 e. The third-order valence-electron chi connectivity index (χ3n) is 4.90. The fraction of sp³-hybridized carbons (Fsp3) is 0.0833. The van der Waals surface area contributed by atoms with Crippen molar-refractivity contribution in [2.75, 3.05) is 7.11 Å². The molecule has 1 aliphatic heterocycles. The summed E-state index contributed by atoms with van der Waals surface area (Å²) < 4.78 is 17.5. The van der Waals surface area contributed by atoms with E-state index in [4.69, 9.17) is 37.4 Å². The molecule has 0 atom stereocenters. The van der Waals surface area contributed by atoms with Crippen LogP contribution in [0.25, 0.3) is 6.08 Å². The van der Waals surface area contributed by atoms with E-state index in [9.17, 15) is 14.9 Å². The molecular formula is C24H15BrCl2N2O6. The SMILES string of the molecule is COc1cc(/C=C2\N=C(c3ccc([N+](=O)[O-])cc3Cl)OC2=O)cc(Cl)c1OCc1ccccc1Br. The summed E-state index contributed by atoms with van der Waals surface area (Å²) in [5, 5.41) is 11.2. The zero-order valence-electron chi connectivity index (χ0n) is 18.0. The van der Waals surface area contributed by atoms with Crippen LogP contribution in [-0.2, 0) is 16.1 Å². The zero-order valence-corrected chi connectivity index (χ0v) is 21.1. The molecule has 0 fully saturated rings. The second-order valence-corrected chi connectivity index (χ2v) is 8.84. The molecule has 4 rings (SSSR count). The van der Waals surface area contributed by atoms with Gasteiger partial charge in [-0.05, 0) is 35.9 Å². The number of cyclic esters (lactones) is 1. The van der Waals surface area contributed by atoms with Gasteiger partial charge in [-0.25, -0.2) is 9.79 Å². The fourth-order valence-corrected chi connectivity index (χ4v) is 4.13. The molecule has 0 amide bonds. The number of hydrogen-bond acceptors (Lipinski definition) is 7. The lowest BCUT2D eigenvalue weighted by Crippen LogP contribution is -2.06. The van der Waals surface area contributed by atoms with Gasteiger partial charge in [0.15, 0.2) is 17.2 Å². The van der Waals surface area contributed by atoms with Crippen LogP contribution in [0.4, 0.5) is 5.69 Å². The first kappa shape index (κ1) is 24.7. The van der Waals surface area contributed by atoms with Gasteiger partial charge in [0, 0.05) is 22.2 Å². The minimum absolute atomic E-state index is 0.00516. The van der Waals surface area contributed by atoms with Crippen LogP contribution in [0, 0.1) is 10.1 Å². The fourth-order valence-electron chi connectivity index (χ4n) is 3.20. The molecule has 178 valence electrons. The molecule has 11 heteroatoms. The van der Waals surface area contributed by atoms with Crippen molar-refractivity contribution in [1.29, 1.82) is 0 Å². The minimum atomic E-state index is -0.709. The summed E-state index contributed by atoms with van der Waals surface area (Å²) in [5.74, 6) is -0.0559. The highest BCUT2D eigenvalue weighted by molar-refractivity contribution is 9.10. The molecule has 0 saturated heterocycles. The van der Waals surface area contributed by atoms with Crippen LogP contribution in [0.15, 0.2) is 69.8 Å². The number of nitrogens with zero attached hydrogens (tertiary/aromatic N) is 2. The van der Waals surface area contributed by atoms with E-state index < -0.39 is 10.9 Å². The summed E-state index contributed by atoms with van der Waals surface area (Å²) in [6.45, 7) is 0.258. The van der Waals surface area contributed by atoms with E-state index in [1.807, 2.05) is 24.3 Å². The lowest BCUT2D eigenvalue weighted by molar-refractivity contribution is -0.384. The monoisotopic (exact) mass is 576 g/mol. The number of rotatable bonds is 7. The molecule has 0 radical (unpaired) electrons. The van der Waals surface area contributed by atoms with Crippen LogP contribution in [0.3, 0.4) is 0 Å². The van der Waals surface area contributed by atoms with Gasteiger partial charge in [0.2, 0.25) is 5.90 Å². The number of nitro benzene ring substituents is 1. The van der Waals surface area contributed by atoms with Crippen molar-refractivity contribution in [3.8, 4) is 11.5 Å². The average molecular weight is 578 g/mol. The van der Waals surface area contributed by atoms with Crippen LogP contribution in [0.1, 0.15) is 16.7 Å². The van der Waals surface area contributed by atoms with Gasteiger partial charge in [0.1, 0.15) is 6.61 Å². The van der Waals surface area contributed by atoms with Crippen molar-refractivity contribution in [1.82, 2.24) is 0 Å². The van der Waals surface area contributed by atoms with Gasteiger partial charge >= 0.3 is 5.97 Å². The predicted molar refractivity (Wildman–Crippen MR) is 135 cm³/mol. The number of esters is 1. The van der Waals surface area contributed by atoms with Crippen LogP contribution >= 0.6 is 39.1 Å². The lowest BCUT2D eigenvalue weighted by Gasteiger charge is -2.14. The Bertz CT molecular complexity index is 1410. The summed E-state index contributed by atoms with van der Waals surface area (Å²) in [6.07, 6.45) is 1.47. The second kappa shape index (κ2) is 10.5. The molecule has 3 aromatic carbocycles. The highest BCUT2D eigenvalue weighted by atomic mass is 79.9.